The number of rotatable bonds is 4. The van der Waals surface area contributed by atoms with Crippen molar-refractivity contribution in [2.45, 2.75) is 27.2 Å². The maximum atomic E-state index is 12.8. The van der Waals surface area contributed by atoms with Gasteiger partial charge in [0.2, 0.25) is 11.8 Å². The van der Waals surface area contributed by atoms with Crippen LogP contribution >= 0.6 is 22.7 Å². The van der Waals surface area contributed by atoms with Gasteiger partial charge in [0.25, 0.3) is 0 Å². The molecular weight excluding hydrogens is 390 g/mol. The summed E-state index contributed by atoms with van der Waals surface area (Å²) in [6, 6.07) is 9.79. The zero-order valence-electron chi connectivity index (χ0n) is 16.0. The molecule has 1 aliphatic heterocycles. The number of hydrogen-bond acceptors (Lipinski definition) is 5. The summed E-state index contributed by atoms with van der Waals surface area (Å²) < 4.78 is 0. The summed E-state index contributed by atoms with van der Waals surface area (Å²) in [6.45, 7) is 6.38. The molecule has 0 unspecified atom stereocenters. The molecule has 7 heteroatoms. The van der Waals surface area contributed by atoms with E-state index in [9.17, 15) is 9.59 Å². The Kier molecular flexibility index (Phi) is 5.03. The van der Waals surface area contributed by atoms with Crippen LogP contribution in [-0.2, 0) is 9.59 Å². The number of benzene rings is 1. The Labute approximate surface area is 172 Å². The van der Waals surface area contributed by atoms with E-state index < -0.39 is 0 Å². The van der Waals surface area contributed by atoms with Crippen LogP contribution in [0.1, 0.15) is 22.6 Å². The van der Waals surface area contributed by atoms with Crippen LogP contribution in [0.5, 0.6) is 0 Å². The van der Waals surface area contributed by atoms with Crippen molar-refractivity contribution in [2.24, 2.45) is 5.92 Å². The van der Waals surface area contributed by atoms with Gasteiger partial charge in [0.1, 0.15) is 5.01 Å². The average molecular weight is 412 g/mol. The second-order valence-corrected chi connectivity index (χ2v) is 9.22. The lowest BCUT2D eigenvalue weighted by Gasteiger charge is -2.17. The highest BCUT2D eigenvalue weighted by molar-refractivity contribution is 7.21. The number of carbonyl (C=O) groups excluding carboxylic acids is 2. The van der Waals surface area contributed by atoms with Gasteiger partial charge in [0.05, 0.1) is 16.5 Å². The third kappa shape index (κ3) is 3.72. The van der Waals surface area contributed by atoms with Crippen molar-refractivity contribution < 1.29 is 9.59 Å². The molecule has 0 bridgehead atoms. The summed E-state index contributed by atoms with van der Waals surface area (Å²) >= 11 is 3.22. The van der Waals surface area contributed by atoms with Gasteiger partial charge in [-0.15, -0.1) is 22.7 Å². The van der Waals surface area contributed by atoms with E-state index in [-0.39, 0.29) is 24.2 Å². The molecule has 1 aliphatic rings. The molecule has 3 aromatic rings. The Morgan fingerprint density at radius 2 is 1.96 bits per heavy atom. The molecule has 1 aromatic carbocycles. The summed E-state index contributed by atoms with van der Waals surface area (Å²) in [6.07, 6.45) is 0.238. The highest BCUT2D eigenvalue weighted by atomic mass is 32.1. The first-order valence-electron chi connectivity index (χ1n) is 9.11. The molecule has 3 heterocycles. The molecule has 0 saturated carbocycles. The van der Waals surface area contributed by atoms with Crippen molar-refractivity contribution in [3.05, 3.63) is 51.8 Å². The topological polar surface area (TPSA) is 62.3 Å². The third-order valence-electron chi connectivity index (χ3n) is 4.85. The first kappa shape index (κ1) is 18.8. The standard InChI is InChI=1S/C21H21N3O2S2/c1-12-4-6-16(7-5-12)24-10-15(8-19(24)25)20(26)23-17-9-18(28-14(17)3)21-22-13(2)11-27-21/h4-7,9,11,15H,8,10H2,1-3H3,(H,23,26)/t15-/m0/s1. The predicted octanol–water partition coefficient (Wildman–Crippen LogP) is 4.79. The minimum absolute atomic E-state index is 0.00927. The quantitative estimate of drug-likeness (QED) is 0.671. The third-order valence-corrected chi connectivity index (χ3v) is 7.03. The maximum absolute atomic E-state index is 12.8. The van der Waals surface area contributed by atoms with Gasteiger partial charge in [-0.25, -0.2) is 4.98 Å². The fraction of sp³-hybridized carbons (Fsp3) is 0.286. The predicted molar refractivity (Wildman–Crippen MR) is 115 cm³/mol. The number of aryl methyl sites for hydroxylation is 3. The number of nitrogens with one attached hydrogen (secondary N) is 1. The minimum atomic E-state index is -0.348. The fourth-order valence-electron chi connectivity index (χ4n) is 3.27. The molecule has 0 aliphatic carbocycles. The molecule has 4 rings (SSSR count). The van der Waals surface area contributed by atoms with E-state index in [1.54, 1.807) is 27.6 Å². The molecule has 1 fully saturated rings. The molecule has 1 atom stereocenters. The van der Waals surface area contributed by atoms with Crippen molar-refractivity contribution >= 4 is 45.9 Å². The van der Waals surface area contributed by atoms with E-state index in [1.165, 1.54) is 0 Å². The molecule has 5 nitrogen and oxygen atoms in total. The zero-order valence-corrected chi connectivity index (χ0v) is 17.6. The second kappa shape index (κ2) is 7.48. The number of aromatic nitrogens is 1. The average Bonchev–Trinajstić information content (AvgIpc) is 3.35. The first-order chi connectivity index (χ1) is 13.4. The van der Waals surface area contributed by atoms with Crippen LogP contribution in [0.2, 0.25) is 0 Å². The largest absolute Gasteiger partial charge is 0.325 e. The second-order valence-electron chi connectivity index (χ2n) is 7.10. The van der Waals surface area contributed by atoms with Crippen LogP contribution in [-0.4, -0.2) is 23.3 Å². The zero-order chi connectivity index (χ0) is 19.8. The van der Waals surface area contributed by atoms with E-state index in [0.29, 0.717) is 6.54 Å². The highest BCUT2D eigenvalue weighted by Gasteiger charge is 2.35. The Hall–Kier alpha value is -2.51. The number of anilines is 2. The monoisotopic (exact) mass is 411 g/mol. The Balaban J connectivity index is 1.46. The van der Waals surface area contributed by atoms with E-state index in [0.717, 1.165) is 37.4 Å². The van der Waals surface area contributed by atoms with E-state index in [4.69, 9.17) is 0 Å². The van der Waals surface area contributed by atoms with Crippen LogP contribution < -0.4 is 10.2 Å². The van der Waals surface area contributed by atoms with Gasteiger partial charge in [-0.05, 0) is 39.0 Å². The Morgan fingerprint density at radius 1 is 1.21 bits per heavy atom. The van der Waals surface area contributed by atoms with Crippen molar-refractivity contribution in [1.82, 2.24) is 4.98 Å². The van der Waals surface area contributed by atoms with Gasteiger partial charge >= 0.3 is 0 Å². The van der Waals surface area contributed by atoms with Crippen LogP contribution in [0.15, 0.2) is 35.7 Å². The molecule has 144 valence electrons. The van der Waals surface area contributed by atoms with Crippen molar-refractivity contribution in [3.8, 4) is 9.88 Å². The van der Waals surface area contributed by atoms with Crippen LogP contribution in [0.25, 0.3) is 9.88 Å². The SMILES string of the molecule is Cc1ccc(N2C[C@@H](C(=O)Nc3cc(-c4nc(C)cs4)sc3C)CC2=O)cc1. The van der Waals surface area contributed by atoms with Crippen molar-refractivity contribution in [2.75, 3.05) is 16.8 Å². The maximum Gasteiger partial charge on any atom is 0.229 e. The van der Waals surface area contributed by atoms with E-state index >= 15 is 0 Å². The Morgan fingerprint density at radius 3 is 2.64 bits per heavy atom. The molecular formula is C21H21N3O2S2. The lowest BCUT2D eigenvalue weighted by Crippen LogP contribution is -2.28. The van der Waals surface area contributed by atoms with E-state index in [1.807, 2.05) is 56.5 Å². The number of hydrogen-bond donors (Lipinski definition) is 1. The fourth-order valence-corrected chi connectivity index (χ4v) is 5.11. The number of nitrogens with zero attached hydrogens (tertiary/aromatic N) is 2. The number of thiazole rings is 1. The van der Waals surface area contributed by atoms with Crippen LogP contribution in [0.3, 0.4) is 0 Å². The normalized spacial score (nSPS) is 16.6. The van der Waals surface area contributed by atoms with Gasteiger partial charge in [-0.1, -0.05) is 17.7 Å². The van der Waals surface area contributed by atoms with Gasteiger partial charge in [0.15, 0.2) is 0 Å². The number of amides is 2. The lowest BCUT2D eigenvalue weighted by atomic mass is 10.1. The van der Waals surface area contributed by atoms with Gasteiger partial charge in [-0.3, -0.25) is 9.59 Å². The molecule has 0 radical (unpaired) electrons. The van der Waals surface area contributed by atoms with Crippen LogP contribution in [0.4, 0.5) is 11.4 Å². The molecule has 2 aromatic heterocycles. The van der Waals surface area contributed by atoms with Gasteiger partial charge in [0, 0.05) is 34.6 Å². The number of thiophene rings is 1. The molecule has 0 spiro atoms. The van der Waals surface area contributed by atoms with Crippen LogP contribution in [0, 0.1) is 26.7 Å². The summed E-state index contributed by atoms with van der Waals surface area (Å²) in [4.78, 5) is 33.5. The summed E-state index contributed by atoms with van der Waals surface area (Å²) in [5, 5.41) is 6.01. The molecule has 28 heavy (non-hydrogen) atoms. The Bertz CT molecular complexity index is 1040. The lowest BCUT2D eigenvalue weighted by molar-refractivity contribution is -0.122. The van der Waals surface area contributed by atoms with Crippen molar-refractivity contribution in [1.29, 1.82) is 0 Å². The smallest absolute Gasteiger partial charge is 0.229 e. The minimum Gasteiger partial charge on any atom is -0.325 e. The molecule has 2 amide bonds. The van der Waals surface area contributed by atoms with E-state index in [2.05, 4.69) is 10.3 Å². The summed E-state index contributed by atoms with van der Waals surface area (Å²) in [5.74, 6) is -0.464. The highest BCUT2D eigenvalue weighted by Crippen LogP contribution is 2.36. The summed E-state index contributed by atoms with van der Waals surface area (Å²) in [5.41, 5.74) is 3.79. The molecule has 1 saturated heterocycles. The first-order valence-corrected chi connectivity index (χ1v) is 10.8. The van der Waals surface area contributed by atoms with Crippen molar-refractivity contribution in [3.63, 3.8) is 0 Å². The van der Waals surface area contributed by atoms with Gasteiger partial charge in [-0.2, -0.15) is 0 Å². The number of carbonyl (C=O) groups is 2. The summed E-state index contributed by atoms with van der Waals surface area (Å²) in [7, 11) is 0. The van der Waals surface area contributed by atoms with Gasteiger partial charge < -0.3 is 10.2 Å². The molecule has 1 N–H and O–H groups in total.